The van der Waals surface area contributed by atoms with Gasteiger partial charge in [0.1, 0.15) is 6.61 Å². The van der Waals surface area contributed by atoms with Crippen LogP contribution in [0, 0.1) is 0 Å². The van der Waals surface area contributed by atoms with Crippen LogP contribution in [0.5, 0.6) is 0 Å². The van der Waals surface area contributed by atoms with Crippen molar-refractivity contribution in [1.82, 2.24) is 14.5 Å². The summed E-state index contributed by atoms with van der Waals surface area (Å²) in [6.45, 7) is 10.1. The summed E-state index contributed by atoms with van der Waals surface area (Å²) in [4.78, 5) is 71.2. The summed E-state index contributed by atoms with van der Waals surface area (Å²) in [6, 6.07) is 14.6. The van der Waals surface area contributed by atoms with Crippen molar-refractivity contribution < 1.29 is 69.7 Å². The van der Waals surface area contributed by atoms with Crippen LogP contribution in [-0.4, -0.2) is 118 Å². The quantitative estimate of drug-likeness (QED) is 0.112. The molecule has 0 heterocycles. The third-order valence-corrected chi connectivity index (χ3v) is 8.66. The zero-order valence-electron chi connectivity index (χ0n) is 33.3. The maximum Gasteiger partial charge on any atom is 0.490 e. The fourth-order valence-electron chi connectivity index (χ4n) is 4.50. The van der Waals surface area contributed by atoms with Gasteiger partial charge in [0, 0.05) is 39.3 Å². The Morgan fingerprint density at radius 3 is 1.62 bits per heavy atom. The Hall–Kier alpha value is -5.08. The second kappa shape index (κ2) is 29.2. The van der Waals surface area contributed by atoms with E-state index >= 15 is 0 Å². The molecule has 20 heteroatoms. The maximum absolute atomic E-state index is 12.6. The lowest BCUT2D eigenvalue weighted by Crippen LogP contribution is -2.36. The minimum atomic E-state index is -5.08. The van der Waals surface area contributed by atoms with Crippen LogP contribution in [0.15, 0.2) is 59.5 Å². The first-order chi connectivity index (χ1) is 27.4. The molecule has 0 bridgehead atoms. The maximum atomic E-state index is 12.6. The Balaban J connectivity index is 0.00000116. The third-order valence-electron chi connectivity index (χ3n) is 7.20. The lowest BCUT2D eigenvalue weighted by Gasteiger charge is -2.21. The molecule has 4 N–H and O–H groups in total. The molecule has 0 aliphatic heterocycles. The van der Waals surface area contributed by atoms with Crippen molar-refractivity contribution in [2.45, 2.75) is 83.9 Å². The van der Waals surface area contributed by atoms with Crippen LogP contribution >= 0.6 is 0 Å². The van der Waals surface area contributed by atoms with Crippen molar-refractivity contribution in [2.24, 2.45) is 5.73 Å². The number of carbonyl (C=O) groups excluding carboxylic acids is 5. The van der Waals surface area contributed by atoms with Gasteiger partial charge in [0.05, 0.1) is 23.3 Å². The van der Waals surface area contributed by atoms with Crippen LogP contribution < -0.4 is 10.5 Å². The lowest BCUT2D eigenvalue weighted by atomic mass is 10.2. The largest absolute Gasteiger partial charge is 0.490 e. The first kappa shape index (κ1) is 52.9. The van der Waals surface area contributed by atoms with Crippen molar-refractivity contribution >= 4 is 45.7 Å². The zero-order valence-corrected chi connectivity index (χ0v) is 34.1. The lowest BCUT2D eigenvalue weighted by molar-refractivity contribution is -0.192. The monoisotopic (exact) mass is 848 g/mol. The molecule has 0 radical (unpaired) electrons. The number of alkyl halides is 3. The van der Waals surface area contributed by atoms with E-state index in [1.807, 2.05) is 58.0 Å². The number of carboxylic acids is 1. The van der Waals surface area contributed by atoms with Gasteiger partial charge in [0.2, 0.25) is 10.0 Å². The highest BCUT2D eigenvalue weighted by Crippen LogP contribution is 2.14. The molecule has 326 valence electrons. The fraction of sp³-hybridized carbons (Fsp3) is 0.526. The number of carboxylic acid groups (broad SMARTS) is 1. The molecule has 0 unspecified atom stereocenters. The smallest absolute Gasteiger partial charge is 0.475 e. The number of carbonyl (C=O) groups is 6. The number of amides is 2. The second-order valence-electron chi connectivity index (χ2n) is 12.2. The topological polar surface area (TPSA) is 229 Å². The normalized spacial score (nSPS) is 10.8. The Morgan fingerprint density at radius 2 is 1.19 bits per heavy atom. The molecule has 0 aliphatic rings. The highest BCUT2D eigenvalue weighted by molar-refractivity contribution is 7.89. The third kappa shape index (κ3) is 23.2. The van der Waals surface area contributed by atoms with Crippen LogP contribution in [-0.2, 0) is 54.8 Å². The van der Waals surface area contributed by atoms with Gasteiger partial charge in [0.15, 0.2) is 13.2 Å². The van der Waals surface area contributed by atoms with Gasteiger partial charge < -0.3 is 34.9 Å². The van der Waals surface area contributed by atoms with Gasteiger partial charge in [-0.2, -0.15) is 13.2 Å². The van der Waals surface area contributed by atoms with Gasteiger partial charge in [-0.3, -0.25) is 19.2 Å². The van der Waals surface area contributed by atoms with E-state index in [0.717, 1.165) is 31.2 Å². The van der Waals surface area contributed by atoms with Crippen LogP contribution in [0.3, 0.4) is 0 Å². The molecule has 0 aromatic heterocycles. The first-order valence-electron chi connectivity index (χ1n) is 18.5. The minimum absolute atomic E-state index is 0.0637. The molecule has 2 aromatic carbocycles. The number of nitrogens with one attached hydrogen (secondary N) is 1. The molecule has 0 saturated heterocycles. The predicted molar refractivity (Wildman–Crippen MR) is 205 cm³/mol. The van der Waals surface area contributed by atoms with Crippen molar-refractivity contribution in [3.05, 3.63) is 65.7 Å². The summed E-state index contributed by atoms with van der Waals surface area (Å²) in [7, 11) is -3.98. The zero-order chi connectivity index (χ0) is 44.1. The summed E-state index contributed by atoms with van der Waals surface area (Å²) in [6.07, 6.45) is -1.76. The number of hydrogen-bond acceptors (Lipinski definition) is 12. The number of ether oxygens (including phenoxy) is 3. The number of sulfonamides is 1. The van der Waals surface area contributed by atoms with Crippen LogP contribution in [0.1, 0.15) is 82.1 Å². The standard InChI is InChI=1S/C25H32N2O7S.C11H22N2O3.C2HF3O2/c1-3-15-27(16-4-2)23(28)19-33-24(29)13-14-26-35(31,32)22-12-8-11-21(17-22)25(30)34-18-20-9-6-5-7-10-20;1-3-7-13(8-4-2)10(14)9-16-11(15)5-6-12;3-2(4,5)1(6)7/h5-12,17,26H,3-4,13-16,18-19H2,1-2H3;3-9,12H2,1-2H3;(H,6,7). The molecule has 2 aromatic rings. The number of rotatable bonds is 22. The molecule has 0 saturated carbocycles. The second-order valence-corrected chi connectivity index (χ2v) is 13.9. The van der Waals surface area contributed by atoms with E-state index in [4.69, 9.17) is 29.8 Å². The molecular weight excluding hydrogens is 793 g/mol. The van der Waals surface area contributed by atoms with Gasteiger partial charge in [-0.1, -0.05) is 64.1 Å². The van der Waals surface area contributed by atoms with E-state index in [1.165, 1.54) is 24.3 Å². The summed E-state index contributed by atoms with van der Waals surface area (Å²) in [5.41, 5.74) is 6.09. The molecule has 58 heavy (non-hydrogen) atoms. The molecule has 0 atom stereocenters. The molecule has 0 spiro atoms. The average molecular weight is 849 g/mol. The Bertz CT molecular complexity index is 1670. The number of nitrogens with zero attached hydrogens (tertiary/aromatic N) is 2. The first-order valence-corrected chi connectivity index (χ1v) is 20.0. The van der Waals surface area contributed by atoms with E-state index < -0.39 is 40.1 Å². The van der Waals surface area contributed by atoms with Gasteiger partial charge in [0.25, 0.3) is 11.8 Å². The molecule has 2 rings (SSSR count). The van der Waals surface area contributed by atoms with E-state index in [9.17, 15) is 45.6 Å². The van der Waals surface area contributed by atoms with E-state index in [2.05, 4.69) is 4.72 Å². The van der Waals surface area contributed by atoms with Crippen molar-refractivity contribution in [1.29, 1.82) is 0 Å². The van der Waals surface area contributed by atoms with Crippen LogP contribution in [0.25, 0.3) is 0 Å². The van der Waals surface area contributed by atoms with E-state index in [1.54, 1.807) is 9.80 Å². The summed E-state index contributed by atoms with van der Waals surface area (Å²) in [5, 5.41) is 7.12. The number of esters is 3. The van der Waals surface area contributed by atoms with Gasteiger partial charge in [-0.05, 0) is 49.4 Å². The number of benzene rings is 2. The number of hydrogen-bond donors (Lipinski definition) is 3. The Morgan fingerprint density at radius 1 is 0.724 bits per heavy atom. The SMILES string of the molecule is CCCN(CCC)C(=O)COC(=O)CCN.CCCN(CCC)C(=O)COC(=O)CCNS(=O)(=O)c1cccc(C(=O)OCc2ccccc2)c1.O=C(O)C(F)(F)F. The fourth-order valence-corrected chi connectivity index (χ4v) is 5.58. The van der Waals surface area contributed by atoms with Crippen molar-refractivity contribution in [2.75, 3.05) is 52.5 Å². The Labute approximate surface area is 337 Å². The summed E-state index contributed by atoms with van der Waals surface area (Å²) >= 11 is 0. The van der Waals surface area contributed by atoms with E-state index in [0.29, 0.717) is 26.2 Å². The van der Waals surface area contributed by atoms with Crippen molar-refractivity contribution in [3.63, 3.8) is 0 Å². The molecular formula is C38H55F3N4O12S. The average Bonchev–Trinajstić information content (AvgIpc) is 3.18. The van der Waals surface area contributed by atoms with E-state index in [-0.39, 0.29) is 68.0 Å². The number of aliphatic carboxylic acids is 1. The number of nitrogens with two attached hydrogens (primary N) is 1. The Kier molecular flexibility index (Phi) is 26.6. The van der Waals surface area contributed by atoms with Gasteiger partial charge in [-0.25, -0.2) is 22.7 Å². The summed E-state index contributed by atoms with van der Waals surface area (Å²) < 4.78 is 74.3. The molecule has 2 amide bonds. The highest BCUT2D eigenvalue weighted by Gasteiger charge is 2.38. The van der Waals surface area contributed by atoms with Gasteiger partial charge >= 0.3 is 30.1 Å². The number of halogens is 3. The van der Waals surface area contributed by atoms with Crippen LogP contribution in [0.4, 0.5) is 13.2 Å². The highest BCUT2D eigenvalue weighted by atomic mass is 32.2. The van der Waals surface area contributed by atoms with Crippen molar-refractivity contribution in [3.8, 4) is 0 Å². The molecule has 0 aliphatic carbocycles. The summed E-state index contributed by atoms with van der Waals surface area (Å²) in [5.74, 6) is -4.92. The predicted octanol–water partition coefficient (Wildman–Crippen LogP) is 4.06. The molecule has 16 nitrogen and oxygen atoms in total. The van der Waals surface area contributed by atoms with Crippen LogP contribution in [0.2, 0.25) is 0 Å². The van der Waals surface area contributed by atoms with Gasteiger partial charge in [-0.15, -0.1) is 0 Å². The molecule has 0 fully saturated rings. The minimum Gasteiger partial charge on any atom is -0.475 e.